The van der Waals surface area contributed by atoms with E-state index in [-0.39, 0.29) is 66.6 Å². The van der Waals surface area contributed by atoms with E-state index in [0.29, 0.717) is 0 Å². The van der Waals surface area contributed by atoms with Gasteiger partial charge in [-0.3, -0.25) is 19.2 Å². The number of allylic oxidation sites excluding steroid dienone is 1. The molecular weight excluding hydrogens is 505 g/mol. The minimum atomic E-state index is -2.38. The van der Waals surface area contributed by atoms with Gasteiger partial charge in [-0.1, -0.05) is 6.07 Å². The third kappa shape index (κ3) is 4.27. The fraction of sp³-hybridized carbons (Fsp3) is 0.455. The van der Waals surface area contributed by atoms with Gasteiger partial charge in [0, 0.05) is 23.8 Å². The number of phenols is 1. The topological polar surface area (TPSA) is 199 Å². The highest BCUT2D eigenvalue weighted by Crippen LogP contribution is 2.54. The molecule has 1 aromatic rings. The van der Waals surface area contributed by atoms with Crippen molar-refractivity contribution in [2.45, 2.75) is 36.9 Å². The molecule has 0 aliphatic heterocycles. The van der Waals surface area contributed by atoms with Crippen LogP contribution < -0.4 is 16.4 Å². The Morgan fingerprint density at radius 3 is 2.43 bits per heavy atom. The molecule has 0 heterocycles. The summed E-state index contributed by atoms with van der Waals surface area (Å²) >= 11 is 0. The number of aliphatic hydroxyl groups excluding tert-OH is 2. The van der Waals surface area contributed by atoms with Crippen molar-refractivity contribution in [2.24, 2.45) is 17.6 Å². The number of Topliss-reactive ketones (excluding diaryl/α,β-unsaturated/α-hetero) is 2. The number of primary amides is 1. The summed E-state index contributed by atoms with van der Waals surface area (Å²) in [5.74, 6) is -7.58. The fourth-order valence-corrected chi connectivity index (χ4v) is 5.42. The average molecular weight is 532 g/mol. The van der Waals surface area contributed by atoms with Crippen molar-refractivity contribution in [3.05, 3.63) is 34.6 Å². The molecule has 5 unspecified atom stereocenters. The average Bonchev–Trinajstić information content (AvgIpc) is 2.72. The molecule has 1 fully saturated rings. The van der Waals surface area contributed by atoms with Crippen LogP contribution in [0.25, 0.3) is 0 Å². The van der Waals surface area contributed by atoms with Crippen molar-refractivity contribution in [2.75, 3.05) is 18.9 Å². The molecule has 35 heavy (non-hydrogen) atoms. The zero-order valence-corrected chi connectivity index (χ0v) is 20.2. The van der Waals surface area contributed by atoms with Crippen LogP contribution in [0.4, 0.5) is 5.69 Å². The zero-order chi connectivity index (χ0) is 24.2. The first kappa shape index (κ1) is 28.5. The number of hydrogen-bond donors (Lipinski definition) is 7. The molecule has 8 N–H and O–H groups in total. The smallest absolute Gasteiger partial charge is 0.238 e. The van der Waals surface area contributed by atoms with Gasteiger partial charge in [-0.25, -0.2) is 0 Å². The molecule has 0 saturated heterocycles. The molecule has 3 aliphatic rings. The van der Waals surface area contributed by atoms with Gasteiger partial charge in [0.25, 0.3) is 0 Å². The molecule has 11 nitrogen and oxygen atoms in total. The molecular formula is C22H27Cl2N3O8. The van der Waals surface area contributed by atoms with Crippen LogP contribution in [0.1, 0.15) is 41.1 Å². The number of hydrogen-bond acceptors (Lipinski definition) is 9. The Balaban J connectivity index is 0.00000216. The molecule has 2 amide bonds. The number of phenolic OH excluding ortho intramolecular Hbond substituents is 1. The number of halogens is 2. The van der Waals surface area contributed by atoms with Gasteiger partial charge in [0.15, 0.2) is 22.9 Å². The number of rotatable bonds is 4. The molecule has 0 spiro atoms. The van der Waals surface area contributed by atoms with Crippen molar-refractivity contribution in [3.8, 4) is 5.75 Å². The second-order valence-corrected chi connectivity index (χ2v) is 8.80. The van der Waals surface area contributed by atoms with Gasteiger partial charge in [-0.2, -0.15) is 0 Å². The summed E-state index contributed by atoms with van der Waals surface area (Å²) in [7, 11) is 1.55. The number of benzene rings is 1. The molecule has 0 aromatic heterocycles. The maximum atomic E-state index is 13.5. The molecule has 0 bridgehead atoms. The van der Waals surface area contributed by atoms with Crippen LogP contribution in [0.15, 0.2) is 23.5 Å². The number of ketones is 2. The van der Waals surface area contributed by atoms with E-state index in [1.807, 2.05) is 0 Å². The van der Waals surface area contributed by atoms with E-state index in [4.69, 9.17) is 5.73 Å². The maximum absolute atomic E-state index is 13.5. The summed E-state index contributed by atoms with van der Waals surface area (Å²) in [6, 6.07) is 2.74. The van der Waals surface area contributed by atoms with E-state index in [0.717, 1.165) is 0 Å². The van der Waals surface area contributed by atoms with E-state index in [2.05, 4.69) is 10.6 Å². The first-order chi connectivity index (χ1) is 15.5. The summed E-state index contributed by atoms with van der Waals surface area (Å²) < 4.78 is 0. The van der Waals surface area contributed by atoms with Gasteiger partial charge in [-0.05, 0) is 31.5 Å². The Morgan fingerprint density at radius 2 is 1.83 bits per heavy atom. The largest absolute Gasteiger partial charge is 0.508 e. The van der Waals surface area contributed by atoms with Crippen molar-refractivity contribution >= 4 is 53.9 Å². The number of nitrogens with one attached hydrogen (secondary N) is 2. The van der Waals surface area contributed by atoms with Crippen molar-refractivity contribution in [1.29, 1.82) is 0 Å². The second kappa shape index (κ2) is 10.1. The Labute approximate surface area is 212 Å². The standard InChI is InChI=1S/C22H25N3O8.2ClH/c1-24-7-14(28)25-12-3-2-10-15(21(23)32)11-5-8-4-9(26)6-13(27)22(8,33)20(31)17(11)19(30)16(10)18(12)29;;/h2-3,8-9,11,15,24,26,29,31,33H,4-7H2,1H3,(H2,23,32)(H,25,28);2*1H. The van der Waals surface area contributed by atoms with E-state index >= 15 is 0 Å². The third-order valence-electron chi connectivity index (χ3n) is 6.86. The molecule has 5 atom stereocenters. The van der Waals surface area contributed by atoms with E-state index in [1.54, 1.807) is 7.05 Å². The van der Waals surface area contributed by atoms with Crippen molar-refractivity contribution < 1.29 is 39.6 Å². The van der Waals surface area contributed by atoms with E-state index < -0.39 is 70.8 Å². The van der Waals surface area contributed by atoms with Gasteiger partial charge in [0.2, 0.25) is 11.8 Å². The van der Waals surface area contributed by atoms with Crippen molar-refractivity contribution in [3.63, 3.8) is 0 Å². The van der Waals surface area contributed by atoms with Crippen LogP contribution in [0.5, 0.6) is 5.75 Å². The Bertz CT molecular complexity index is 1120. The van der Waals surface area contributed by atoms with Crippen LogP contribution in [0.2, 0.25) is 0 Å². The lowest BCUT2D eigenvalue weighted by molar-refractivity contribution is -0.155. The van der Waals surface area contributed by atoms with Crippen LogP contribution in [0, 0.1) is 11.8 Å². The minimum Gasteiger partial charge on any atom is -0.508 e. The van der Waals surface area contributed by atoms with Crippen molar-refractivity contribution in [1.82, 2.24) is 5.32 Å². The number of amides is 2. The Hall–Kier alpha value is -2.70. The first-order valence-electron chi connectivity index (χ1n) is 10.5. The summed E-state index contributed by atoms with van der Waals surface area (Å²) in [6.07, 6.45) is -1.49. The Kier molecular flexibility index (Phi) is 8.25. The predicted octanol–water partition coefficient (Wildman–Crippen LogP) is 0.0620. The molecule has 0 radical (unpaired) electrons. The number of aliphatic hydroxyl groups is 3. The molecule has 4 rings (SSSR count). The predicted molar refractivity (Wildman–Crippen MR) is 128 cm³/mol. The molecule has 3 aliphatic carbocycles. The highest BCUT2D eigenvalue weighted by Gasteiger charge is 2.60. The number of aromatic hydroxyl groups is 1. The molecule has 13 heteroatoms. The summed E-state index contributed by atoms with van der Waals surface area (Å²) in [5, 5.41) is 48.0. The van der Waals surface area contributed by atoms with Crippen LogP contribution in [-0.2, 0) is 14.4 Å². The Morgan fingerprint density at radius 1 is 1.17 bits per heavy atom. The lowest BCUT2D eigenvalue weighted by Crippen LogP contribution is -2.58. The van der Waals surface area contributed by atoms with Crippen LogP contribution in [-0.4, -0.2) is 69.1 Å². The SMILES string of the molecule is CNCC(=O)Nc1ccc2c(c1O)C(=O)C1=C(O)C3(O)C(=O)CC(O)CC3CC1C2C(N)=O.Cl.Cl. The number of likely N-dealkylation sites (N-methyl/N-ethyl adjacent to an activating group) is 1. The lowest BCUT2D eigenvalue weighted by Gasteiger charge is -2.48. The van der Waals surface area contributed by atoms with E-state index in [9.17, 15) is 39.6 Å². The number of fused-ring (bicyclic) bond motifs is 3. The van der Waals surface area contributed by atoms with Crippen LogP contribution >= 0.6 is 24.8 Å². The summed E-state index contributed by atoms with van der Waals surface area (Å²) in [6.45, 7) is -0.0647. The normalized spacial score (nSPS) is 29.1. The highest BCUT2D eigenvalue weighted by atomic mass is 35.5. The zero-order valence-electron chi connectivity index (χ0n) is 18.6. The minimum absolute atomic E-state index is 0. The van der Waals surface area contributed by atoms with Gasteiger partial charge in [0.05, 0.1) is 29.8 Å². The maximum Gasteiger partial charge on any atom is 0.238 e. The monoisotopic (exact) mass is 531 g/mol. The molecule has 1 aromatic carbocycles. The summed E-state index contributed by atoms with van der Waals surface area (Å²) in [4.78, 5) is 50.5. The fourth-order valence-electron chi connectivity index (χ4n) is 5.42. The summed E-state index contributed by atoms with van der Waals surface area (Å²) in [5.41, 5.74) is 2.58. The number of anilines is 1. The quantitative estimate of drug-likeness (QED) is 0.262. The third-order valence-corrected chi connectivity index (χ3v) is 6.86. The van der Waals surface area contributed by atoms with E-state index in [1.165, 1.54) is 12.1 Å². The lowest BCUT2D eigenvalue weighted by atomic mass is 9.57. The van der Waals surface area contributed by atoms with Gasteiger partial charge in [0.1, 0.15) is 5.76 Å². The van der Waals surface area contributed by atoms with Gasteiger partial charge < -0.3 is 36.8 Å². The highest BCUT2D eigenvalue weighted by molar-refractivity contribution is 6.17. The van der Waals surface area contributed by atoms with Gasteiger partial charge in [-0.15, -0.1) is 24.8 Å². The molecule has 1 saturated carbocycles. The van der Waals surface area contributed by atoms with Crippen LogP contribution in [0.3, 0.4) is 0 Å². The molecule has 192 valence electrons. The number of nitrogens with two attached hydrogens (primary N) is 1. The second-order valence-electron chi connectivity index (χ2n) is 8.80. The van der Waals surface area contributed by atoms with Gasteiger partial charge >= 0.3 is 0 Å². The number of carbonyl (C=O) groups excluding carboxylic acids is 4. The first-order valence-corrected chi connectivity index (χ1v) is 10.5. The number of carbonyl (C=O) groups is 4.